The Hall–Kier alpha value is -2.09. The largest absolute Gasteiger partial charge is 0.480 e. The van der Waals surface area contributed by atoms with E-state index in [0.717, 1.165) is 6.26 Å². The summed E-state index contributed by atoms with van der Waals surface area (Å²) in [7, 11) is -3.35. The van der Waals surface area contributed by atoms with Crippen LogP contribution >= 0.6 is 0 Å². The van der Waals surface area contributed by atoms with Crippen LogP contribution in [-0.2, 0) is 19.6 Å². The van der Waals surface area contributed by atoms with Crippen molar-refractivity contribution in [2.24, 2.45) is 5.41 Å². The number of carboxylic acids is 1. The molecule has 2 rings (SSSR count). The first-order valence-corrected chi connectivity index (χ1v) is 7.75. The molecule has 1 aliphatic carbocycles. The van der Waals surface area contributed by atoms with Crippen molar-refractivity contribution in [1.29, 1.82) is 0 Å². The normalized spacial score (nSPS) is 16.2. The summed E-state index contributed by atoms with van der Waals surface area (Å²) in [4.78, 5) is 22.8. The number of amides is 1. The number of carboxylic acid groups (broad SMARTS) is 1. The van der Waals surface area contributed by atoms with Gasteiger partial charge in [0.25, 0.3) is 0 Å². The first kappa shape index (κ1) is 14.3. The topological polar surface area (TPSA) is 113 Å². The third-order valence-corrected chi connectivity index (χ3v) is 3.65. The number of anilines is 2. The van der Waals surface area contributed by atoms with E-state index in [1.807, 2.05) is 0 Å². The Bertz CT molecular complexity index is 647. The van der Waals surface area contributed by atoms with E-state index in [9.17, 15) is 18.0 Å². The summed E-state index contributed by atoms with van der Waals surface area (Å²) in [6.07, 6.45) is 1.70. The fourth-order valence-corrected chi connectivity index (χ4v) is 2.31. The SMILES string of the molecule is CS(=O)(=O)Nc1ccc(NC(=O)C2(C(=O)O)CC2)cc1. The number of hydrogen-bond acceptors (Lipinski definition) is 4. The molecule has 8 heteroatoms. The van der Waals surface area contributed by atoms with E-state index in [1.165, 1.54) is 24.3 Å². The molecular formula is C12H14N2O5S. The van der Waals surface area contributed by atoms with Crippen molar-refractivity contribution in [1.82, 2.24) is 0 Å². The summed E-state index contributed by atoms with van der Waals surface area (Å²) in [5.41, 5.74) is -0.518. The first-order chi connectivity index (χ1) is 9.23. The van der Waals surface area contributed by atoms with Crippen LogP contribution in [0.5, 0.6) is 0 Å². The highest BCUT2D eigenvalue weighted by Crippen LogP contribution is 2.46. The highest BCUT2D eigenvalue weighted by Gasteiger charge is 2.57. The molecule has 0 radical (unpaired) electrons. The van der Waals surface area contributed by atoms with E-state index < -0.39 is 27.3 Å². The highest BCUT2D eigenvalue weighted by molar-refractivity contribution is 7.92. The molecule has 0 aliphatic heterocycles. The monoisotopic (exact) mass is 298 g/mol. The van der Waals surface area contributed by atoms with Crippen molar-refractivity contribution in [3.63, 3.8) is 0 Å². The lowest BCUT2D eigenvalue weighted by Gasteiger charge is -2.11. The minimum atomic E-state index is -3.35. The maximum Gasteiger partial charge on any atom is 0.319 e. The third kappa shape index (κ3) is 3.08. The van der Waals surface area contributed by atoms with E-state index in [0.29, 0.717) is 24.2 Å². The molecular weight excluding hydrogens is 284 g/mol. The molecule has 0 heterocycles. The molecule has 3 N–H and O–H groups in total. The summed E-state index contributed by atoms with van der Waals surface area (Å²) >= 11 is 0. The maximum absolute atomic E-state index is 11.8. The Labute approximate surface area is 116 Å². The van der Waals surface area contributed by atoms with E-state index >= 15 is 0 Å². The Balaban J connectivity index is 2.05. The summed E-state index contributed by atoms with van der Waals surface area (Å²) in [5, 5.41) is 11.5. The smallest absolute Gasteiger partial charge is 0.319 e. The highest BCUT2D eigenvalue weighted by atomic mass is 32.2. The second-order valence-corrected chi connectivity index (χ2v) is 6.54. The lowest BCUT2D eigenvalue weighted by molar-refractivity contribution is -0.147. The predicted octanol–water partition coefficient (Wildman–Crippen LogP) is 0.861. The van der Waals surface area contributed by atoms with Crippen LogP contribution in [-0.4, -0.2) is 31.7 Å². The fraction of sp³-hybridized carbons (Fsp3) is 0.333. The van der Waals surface area contributed by atoms with Gasteiger partial charge in [0, 0.05) is 11.4 Å². The predicted molar refractivity (Wildman–Crippen MR) is 72.8 cm³/mol. The van der Waals surface area contributed by atoms with E-state index in [1.54, 1.807) is 0 Å². The van der Waals surface area contributed by atoms with Crippen LogP contribution in [0.1, 0.15) is 12.8 Å². The average molecular weight is 298 g/mol. The van der Waals surface area contributed by atoms with Crippen molar-refractivity contribution in [2.45, 2.75) is 12.8 Å². The number of nitrogens with one attached hydrogen (secondary N) is 2. The molecule has 1 aromatic carbocycles. The van der Waals surface area contributed by atoms with Gasteiger partial charge in [0.05, 0.1) is 6.26 Å². The van der Waals surface area contributed by atoms with Crippen LogP contribution in [0.2, 0.25) is 0 Å². The molecule has 1 aliphatic rings. The van der Waals surface area contributed by atoms with Crippen molar-refractivity contribution >= 4 is 33.3 Å². The summed E-state index contributed by atoms with van der Waals surface area (Å²) in [6.45, 7) is 0. The Morgan fingerprint density at radius 1 is 1.15 bits per heavy atom. The zero-order valence-electron chi connectivity index (χ0n) is 10.7. The number of carbonyl (C=O) groups excluding carboxylic acids is 1. The van der Waals surface area contributed by atoms with Crippen LogP contribution in [0.3, 0.4) is 0 Å². The first-order valence-electron chi connectivity index (χ1n) is 5.86. The van der Waals surface area contributed by atoms with E-state index in [4.69, 9.17) is 5.11 Å². The molecule has 1 amide bonds. The molecule has 108 valence electrons. The molecule has 1 aromatic rings. The second kappa shape index (κ2) is 4.78. The van der Waals surface area contributed by atoms with Crippen LogP contribution in [0.4, 0.5) is 11.4 Å². The summed E-state index contributed by atoms with van der Waals surface area (Å²) < 4.78 is 24.4. The molecule has 0 bridgehead atoms. The second-order valence-electron chi connectivity index (χ2n) is 4.79. The van der Waals surface area contributed by atoms with Gasteiger partial charge in [-0.15, -0.1) is 0 Å². The van der Waals surface area contributed by atoms with Crippen molar-refractivity contribution in [2.75, 3.05) is 16.3 Å². The van der Waals surface area contributed by atoms with E-state index in [2.05, 4.69) is 10.0 Å². The van der Waals surface area contributed by atoms with Crippen LogP contribution in [0.15, 0.2) is 24.3 Å². The van der Waals surface area contributed by atoms with Gasteiger partial charge in [0.1, 0.15) is 5.41 Å². The fourth-order valence-electron chi connectivity index (χ4n) is 1.75. The van der Waals surface area contributed by atoms with Crippen LogP contribution in [0, 0.1) is 5.41 Å². The van der Waals surface area contributed by atoms with Gasteiger partial charge in [-0.05, 0) is 37.1 Å². The van der Waals surface area contributed by atoms with Crippen molar-refractivity contribution < 1.29 is 23.1 Å². The average Bonchev–Trinajstić information content (AvgIpc) is 3.11. The minimum Gasteiger partial charge on any atom is -0.480 e. The van der Waals surface area contributed by atoms with Crippen molar-refractivity contribution in [3.8, 4) is 0 Å². The quantitative estimate of drug-likeness (QED) is 0.698. The molecule has 20 heavy (non-hydrogen) atoms. The Kier molecular flexibility index (Phi) is 3.43. The van der Waals surface area contributed by atoms with Crippen LogP contribution in [0.25, 0.3) is 0 Å². The summed E-state index contributed by atoms with van der Waals surface area (Å²) in [6, 6.07) is 5.97. The van der Waals surface area contributed by atoms with Gasteiger partial charge in [-0.25, -0.2) is 8.42 Å². The third-order valence-electron chi connectivity index (χ3n) is 3.04. The number of rotatable bonds is 5. The number of sulfonamides is 1. The minimum absolute atomic E-state index is 0.335. The molecule has 0 saturated heterocycles. The zero-order chi connectivity index (χ0) is 15.0. The van der Waals surface area contributed by atoms with Gasteiger partial charge in [-0.1, -0.05) is 0 Å². The Morgan fingerprint density at radius 2 is 1.65 bits per heavy atom. The van der Waals surface area contributed by atoms with Gasteiger partial charge < -0.3 is 10.4 Å². The number of aliphatic carboxylic acids is 1. The van der Waals surface area contributed by atoms with Gasteiger partial charge in [0.2, 0.25) is 15.9 Å². The molecule has 0 aromatic heterocycles. The number of carbonyl (C=O) groups is 2. The van der Waals surface area contributed by atoms with Gasteiger partial charge >= 0.3 is 5.97 Å². The lowest BCUT2D eigenvalue weighted by Crippen LogP contribution is -2.31. The molecule has 0 unspecified atom stereocenters. The van der Waals surface area contributed by atoms with Crippen LogP contribution < -0.4 is 10.0 Å². The standard InChI is InChI=1S/C12H14N2O5S/c1-20(18,19)14-9-4-2-8(3-5-9)13-10(15)12(6-7-12)11(16)17/h2-5,14H,6-7H2,1H3,(H,13,15)(H,16,17). The molecule has 7 nitrogen and oxygen atoms in total. The lowest BCUT2D eigenvalue weighted by atomic mass is 10.1. The van der Waals surface area contributed by atoms with E-state index in [-0.39, 0.29) is 0 Å². The summed E-state index contributed by atoms with van der Waals surface area (Å²) in [5.74, 6) is -1.67. The Morgan fingerprint density at radius 3 is 2.05 bits per heavy atom. The van der Waals surface area contributed by atoms with Gasteiger partial charge in [-0.3, -0.25) is 14.3 Å². The maximum atomic E-state index is 11.8. The zero-order valence-corrected chi connectivity index (χ0v) is 11.5. The molecule has 1 fully saturated rings. The van der Waals surface area contributed by atoms with Gasteiger partial charge in [0.15, 0.2) is 0 Å². The number of benzene rings is 1. The molecule has 0 atom stereocenters. The van der Waals surface area contributed by atoms with Crippen molar-refractivity contribution in [3.05, 3.63) is 24.3 Å². The van der Waals surface area contributed by atoms with Gasteiger partial charge in [-0.2, -0.15) is 0 Å². The number of hydrogen-bond donors (Lipinski definition) is 3. The molecule has 0 spiro atoms. The molecule has 1 saturated carbocycles.